The lowest BCUT2D eigenvalue weighted by atomic mass is 10.0. The van der Waals surface area contributed by atoms with Gasteiger partial charge in [-0.25, -0.2) is 9.59 Å². The zero-order chi connectivity index (χ0) is 34.7. The summed E-state index contributed by atoms with van der Waals surface area (Å²) in [6.45, 7) is 4.73. The SMILES string of the molecule is O=C(N[C@H](Cc1cc(Cl)c(O)c(C(F)(F)F)c1)C(=O)N1CCN(C2CCOCC2)CC1)N1CCC(N2CCc3ccccc3NC2=O)CC1. The molecule has 3 saturated heterocycles. The number of urea groups is 2. The molecule has 15 heteroatoms. The van der Waals surface area contributed by atoms with Gasteiger partial charge in [0.1, 0.15) is 11.8 Å². The highest BCUT2D eigenvalue weighted by molar-refractivity contribution is 6.32. The van der Waals surface area contributed by atoms with Crippen LogP contribution < -0.4 is 10.6 Å². The predicted molar refractivity (Wildman–Crippen MR) is 177 cm³/mol. The van der Waals surface area contributed by atoms with Crippen LogP contribution >= 0.6 is 11.6 Å². The highest BCUT2D eigenvalue weighted by Crippen LogP contribution is 2.40. The fraction of sp³-hybridized carbons (Fsp3) is 0.559. The number of piperidine rings is 1. The first-order valence-electron chi connectivity index (χ1n) is 16.9. The van der Waals surface area contributed by atoms with E-state index >= 15 is 0 Å². The minimum atomic E-state index is -4.87. The molecule has 0 unspecified atom stereocenters. The summed E-state index contributed by atoms with van der Waals surface area (Å²) in [5.74, 6) is -1.48. The maximum Gasteiger partial charge on any atom is 0.420 e. The van der Waals surface area contributed by atoms with Crippen LogP contribution in [0.5, 0.6) is 5.75 Å². The van der Waals surface area contributed by atoms with Gasteiger partial charge in [-0.2, -0.15) is 13.2 Å². The van der Waals surface area contributed by atoms with Crippen molar-refractivity contribution >= 4 is 35.3 Å². The van der Waals surface area contributed by atoms with E-state index in [1.54, 1.807) is 9.80 Å². The highest BCUT2D eigenvalue weighted by atomic mass is 35.5. The number of rotatable bonds is 6. The number of nitrogens with one attached hydrogen (secondary N) is 2. The number of carbonyl (C=O) groups excluding carboxylic acids is 3. The summed E-state index contributed by atoms with van der Waals surface area (Å²) in [5.41, 5.74) is 0.611. The van der Waals surface area contributed by atoms with Gasteiger partial charge < -0.3 is 35.2 Å². The lowest BCUT2D eigenvalue weighted by molar-refractivity contribution is -0.138. The van der Waals surface area contributed by atoms with Gasteiger partial charge in [-0.05, 0) is 61.4 Å². The molecule has 0 aromatic heterocycles. The monoisotopic (exact) mass is 706 g/mol. The number of hydrogen-bond acceptors (Lipinski definition) is 6. The fourth-order valence-corrected chi connectivity index (χ4v) is 7.60. The molecule has 4 aliphatic heterocycles. The number of ether oxygens (including phenoxy) is 1. The molecular weight excluding hydrogens is 665 g/mol. The Morgan fingerprint density at radius 3 is 2.35 bits per heavy atom. The van der Waals surface area contributed by atoms with Crippen molar-refractivity contribution in [2.75, 3.05) is 64.3 Å². The third-order valence-electron chi connectivity index (χ3n) is 10.1. The molecule has 49 heavy (non-hydrogen) atoms. The smallest absolute Gasteiger partial charge is 0.420 e. The number of benzene rings is 2. The van der Waals surface area contributed by atoms with E-state index < -0.39 is 40.5 Å². The van der Waals surface area contributed by atoms with E-state index in [1.165, 1.54) is 6.07 Å². The average molecular weight is 707 g/mol. The van der Waals surface area contributed by atoms with Gasteiger partial charge in [0.25, 0.3) is 0 Å². The molecule has 4 heterocycles. The van der Waals surface area contributed by atoms with Crippen LogP contribution in [0.2, 0.25) is 5.02 Å². The van der Waals surface area contributed by atoms with Crippen molar-refractivity contribution in [3.05, 3.63) is 58.1 Å². The number of fused-ring (bicyclic) bond motifs is 1. The Labute approximate surface area is 288 Å². The molecule has 0 saturated carbocycles. The van der Waals surface area contributed by atoms with Gasteiger partial charge in [0.2, 0.25) is 5.91 Å². The summed E-state index contributed by atoms with van der Waals surface area (Å²) in [6, 6.07) is 8.09. The number of halogens is 4. The number of aromatic hydroxyl groups is 1. The lowest BCUT2D eigenvalue weighted by Crippen LogP contribution is -2.59. The number of phenols is 1. The van der Waals surface area contributed by atoms with E-state index in [0.29, 0.717) is 84.3 Å². The van der Waals surface area contributed by atoms with E-state index in [0.717, 1.165) is 30.2 Å². The van der Waals surface area contributed by atoms with Gasteiger partial charge in [0.15, 0.2) is 0 Å². The first-order valence-corrected chi connectivity index (χ1v) is 17.3. The van der Waals surface area contributed by atoms with Crippen molar-refractivity contribution in [3.63, 3.8) is 0 Å². The maximum atomic E-state index is 14.0. The van der Waals surface area contributed by atoms with Gasteiger partial charge in [-0.3, -0.25) is 9.69 Å². The van der Waals surface area contributed by atoms with Crippen LogP contribution in [0.3, 0.4) is 0 Å². The summed E-state index contributed by atoms with van der Waals surface area (Å²) >= 11 is 5.99. The molecule has 266 valence electrons. The number of amides is 5. The second-order valence-corrected chi connectivity index (χ2v) is 13.5. The molecule has 5 amide bonds. The maximum absolute atomic E-state index is 14.0. The van der Waals surface area contributed by atoms with Crippen molar-refractivity contribution in [1.82, 2.24) is 24.9 Å². The van der Waals surface area contributed by atoms with Crippen molar-refractivity contribution in [2.45, 2.75) is 62.8 Å². The zero-order valence-electron chi connectivity index (χ0n) is 27.2. The summed E-state index contributed by atoms with van der Waals surface area (Å²) in [5, 5.41) is 15.3. The van der Waals surface area contributed by atoms with E-state index in [-0.39, 0.29) is 24.1 Å². The number of carbonyl (C=O) groups is 3. The third kappa shape index (κ3) is 8.18. The van der Waals surface area contributed by atoms with E-state index in [4.69, 9.17) is 16.3 Å². The van der Waals surface area contributed by atoms with Gasteiger partial charge in [0, 0.05) is 83.2 Å². The van der Waals surface area contributed by atoms with Crippen LogP contribution in [0.4, 0.5) is 28.4 Å². The average Bonchev–Trinajstić information content (AvgIpc) is 3.27. The van der Waals surface area contributed by atoms with Crippen LogP contribution in [0, 0.1) is 0 Å². The minimum absolute atomic E-state index is 0.0569. The van der Waals surface area contributed by atoms with Gasteiger partial charge >= 0.3 is 18.2 Å². The third-order valence-corrected chi connectivity index (χ3v) is 10.4. The number of alkyl halides is 3. The number of nitrogens with zero attached hydrogens (tertiary/aromatic N) is 4. The zero-order valence-corrected chi connectivity index (χ0v) is 27.9. The molecule has 0 spiro atoms. The fourth-order valence-electron chi connectivity index (χ4n) is 7.36. The first-order chi connectivity index (χ1) is 23.5. The van der Waals surface area contributed by atoms with E-state index in [1.807, 2.05) is 29.2 Å². The lowest BCUT2D eigenvalue weighted by Gasteiger charge is -2.42. The molecule has 0 bridgehead atoms. The molecule has 2 aromatic rings. The molecular formula is C34H42ClF3N6O5. The van der Waals surface area contributed by atoms with E-state index in [9.17, 15) is 32.7 Å². The predicted octanol–water partition coefficient (Wildman–Crippen LogP) is 4.56. The normalized spacial score (nSPS) is 20.7. The van der Waals surface area contributed by atoms with Crippen LogP contribution in [-0.2, 0) is 28.5 Å². The Morgan fingerprint density at radius 2 is 1.65 bits per heavy atom. The molecule has 11 nitrogen and oxygen atoms in total. The van der Waals surface area contributed by atoms with Gasteiger partial charge in [0.05, 0.1) is 10.6 Å². The molecule has 2 aromatic carbocycles. The van der Waals surface area contributed by atoms with Crippen LogP contribution in [-0.4, -0.2) is 120 Å². The summed E-state index contributed by atoms with van der Waals surface area (Å²) in [4.78, 5) is 48.0. The number of para-hydroxylation sites is 1. The van der Waals surface area contributed by atoms with Crippen molar-refractivity contribution in [1.29, 1.82) is 0 Å². The minimum Gasteiger partial charge on any atom is -0.506 e. The Morgan fingerprint density at radius 1 is 0.959 bits per heavy atom. The number of piperazine rings is 1. The number of phenolic OH excluding ortho intramolecular Hbond substituents is 1. The molecule has 0 aliphatic carbocycles. The highest BCUT2D eigenvalue weighted by Gasteiger charge is 2.38. The Hall–Kier alpha value is -3.75. The molecule has 3 fully saturated rings. The molecule has 1 atom stereocenters. The Kier molecular flexibility index (Phi) is 10.8. The van der Waals surface area contributed by atoms with Gasteiger partial charge in [-0.15, -0.1) is 0 Å². The second kappa shape index (κ2) is 15.0. The topological polar surface area (TPSA) is 118 Å². The number of hydrogen-bond donors (Lipinski definition) is 3. The molecule has 3 N–H and O–H groups in total. The largest absolute Gasteiger partial charge is 0.506 e. The number of anilines is 1. The summed E-state index contributed by atoms with van der Waals surface area (Å²) < 4.78 is 46.6. The van der Waals surface area contributed by atoms with Crippen LogP contribution in [0.1, 0.15) is 42.4 Å². The number of likely N-dealkylation sites (tertiary alicyclic amines) is 1. The Bertz CT molecular complexity index is 1520. The van der Waals surface area contributed by atoms with Crippen molar-refractivity contribution in [3.8, 4) is 5.75 Å². The Balaban J connectivity index is 1.12. The van der Waals surface area contributed by atoms with E-state index in [2.05, 4.69) is 15.5 Å². The molecule has 6 rings (SSSR count). The second-order valence-electron chi connectivity index (χ2n) is 13.1. The van der Waals surface area contributed by atoms with Crippen LogP contribution in [0.25, 0.3) is 0 Å². The summed E-state index contributed by atoms with van der Waals surface area (Å²) in [6.07, 6.45) is -1.51. The molecule has 4 aliphatic rings. The van der Waals surface area contributed by atoms with Crippen LogP contribution in [0.15, 0.2) is 36.4 Å². The first kappa shape index (κ1) is 35.1. The van der Waals surface area contributed by atoms with Crippen molar-refractivity contribution < 1.29 is 37.4 Å². The quantitative estimate of drug-likeness (QED) is 0.406. The standard InChI is InChI=1S/C34H42ClF3N6O5/c35-27-20-22(19-26(30(27)45)34(36,37)38)21-29(31(46)42-15-13-41(14-16-42)24-8-17-49-18-9-24)40-32(47)43-10-6-25(7-11-43)44-12-5-23-3-1-2-4-28(23)39-33(44)48/h1-4,19-20,24-25,29,45H,5-18,21H2,(H,39,48)(H,40,47)/t29-/m1/s1. The summed E-state index contributed by atoms with van der Waals surface area (Å²) in [7, 11) is 0. The van der Waals surface area contributed by atoms with Crippen molar-refractivity contribution in [2.24, 2.45) is 0 Å². The van der Waals surface area contributed by atoms with Gasteiger partial charge in [-0.1, -0.05) is 29.8 Å². The molecule has 0 radical (unpaired) electrons.